The fourth-order valence-corrected chi connectivity index (χ4v) is 3.00. The number of rotatable bonds is 5. The maximum atomic E-state index is 9.62. The molecule has 0 heterocycles. The highest BCUT2D eigenvalue weighted by Gasteiger charge is 2.24. The van der Waals surface area contributed by atoms with Gasteiger partial charge in [0.1, 0.15) is 11.5 Å². The number of phenols is 1. The molecule has 0 saturated heterocycles. The summed E-state index contributed by atoms with van der Waals surface area (Å²) in [7, 11) is 1.67. The third-order valence-electron chi connectivity index (χ3n) is 4.20. The van der Waals surface area contributed by atoms with Gasteiger partial charge < -0.3 is 9.84 Å². The summed E-state index contributed by atoms with van der Waals surface area (Å²) in [6.45, 7) is 2.17. The van der Waals surface area contributed by atoms with Crippen LogP contribution in [0.2, 0.25) is 0 Å². The Kier molecular flexibility index (Phi) is 5.24. The standard InChI is InChI=1S/C22H21O2/c1-3-21(16-6-4-5-7-16)22(17-8-12-19(23)13-9-17)18-10-14-20(24-2)15-11-18/h4-15,23H,3H2,1-2H3/b22-21+. The number of allylic oxidation sites excluding steroid dienone is 1. The molecule has 0 spiro atoms. The molecule has 1 aliphatic rings. The topological polar surface area (TPSA) is 29.5 Å². The number of aromatic hydroxyl groups is 1. The van der Waals surface area contributed by atoms with Gasteiger partial charge in [0.2, 0.25) is 0 Å². The minimum Gasteiger partial charge on any atom is -0.508 e. The molecule has 1 N–H and O–H groups in total. The van der Waals surface area contributed by atoms with Crippen molar-refractivity contribution in [3.8, 4) is 11.5 Å². The van der Waals surface area contributed by atoms with E-state index in [4.69, 9.17) is 4.74 Å². The van der Waals surface area contributed by atoms with Gasteiger partial charge in [-0.05, 0) is 73.1 Å². The van der Waals surface area contributed by atoms with Crippen molar-refractivity contribution < 1.29 is 9.84 Å². The third-order valence-corrected chi connectivity index (χ3v) is 4.20. The molecule has 5 radical (unpaired) electrons. The monoisotopic (exact) mass is 317 g/mol. The SMILES string of the molecule is CC/C([C]1[CH][CH][CH][CH]1)=C(/c1ccc(O)cc1)c1ccc(OC)cc1. The number of phenolic OH excluding ortho intramolecular Hbond substituents is 1. The van der Waals surface area contributed by atoms with Gasteiger partial charge in [0.15, 0.2) is 0 Å². The van der Waals surface area contributed by atoms with Crippen LogP contribution in [0.5, 0.6) is 11.5 Å². The molecule has 2 aromatic carbocycles. The average Bonchev–Trinajstić information content (AvgIpc) is 3.15. The molecule has 2 nitrogen and oxygen atoms in total. The van der Waals surface area contributed by atoms with Gasteiger partial charge in [0.05, 0.1) is 7.11 Å². The van der Waals surface area contributed by atoms with E-state index >= 15 is 0 Å². The van der Waals surface area contributed by atoms with E-state index in [-0.39, 0.29) is 5.75 Å². The Bertz CT molecular complexity index is 690. The van der Waals surface area contributed by atoms with Crippen LogP contribution in [-0.4, -0.2) is 12.2 Å². The summed E-state index contributed by atoms with van der Waals surface area (Å²) < 4.78 is 5.28. The van der Waals surface area contributed by atoms with Gasteiger partial charge in [0.25, 0.3) is 0 Å². The summed E-state index contributed by atoms with van der Waals surface area (Å²) in [4.78, 5) is 0. The van der Waals surface area contributed by atoms with Gasteiger partial charge >= 0.3 is 0 Å². The predicted octanol–water partition coefficient (Wildman–Crippen LogP) is 5.02. The Labute approximate surface area is 144 Å². The van der Waals surface area contributed by atoms with Crippen LogP contribution in [0, 0.1) is 31.6 Å². The van der Waals surface area contributed by atoms with Crippen LogP contribution in [0.15, 0.2) is 54.1 Å². The van der Waals surface area contributed by atoms with Crippen molar-refractivity contribution in [2.45, 2.75) is 13.3 Å². The first-order valence-corrected chi connectivity index (χ1v) is 8.12. The predicted molar refractivity (Wildman–Crippen MR) is 97.9 cm³/mol. The zero-order chi connectivity index (χ0) is 16.9. The highest BCUT2D eigenvalue weighted by Crippen LogP contribution is 2.40. The zero-order valence-electron chi connectivity index (χ0n) is 14.0. The van der Waals surface area contributed by atoms with Crippen LogP contribution in [0.1, 0.15) is 24.5 Å². The van der Waals surface area contributed by atoms with Gasteiger partial charge in [-0.3, -0.25) is 0 Å². The molecule has 2 heteroatoms. The van der Waals surface area contributed by atoms with Gasteiger partial charge in [-0.2, -0.15) is 0 Å². The van der Waals surface area contributed by atoms with E-state index in [0.717, 1.165) is 23.3 Å². The summed E-state index contributed by atoms with van der Waals surface area (Å²) in [5.74, 6) is 2.35. The van der Waals surface area contributed by atoms with Crippen molar-refractivity contribution >= 4 is 5.57 Å². The minimum absolute atomic E-state index is 0.277. The molecule has 0 aliphatic heterocycles. The molecule has 24 heavy (non-hydrogen) atoms. The first kappa shape index (κ1) is 16.6. The van der Waals surface area contributed by atoms with Crippen LogP contribution in [0.25, 0.3) is 5.57 Å². The molecule has 0 atom stereocenters. The molecule has 0 aromatic heterocycles. The zero-order valence-corrected chi connectivity index (χ0v) is 14.0. The molecule has 0 amide bonds. The van der Waals surface area contributed by atoms with E-state index in [1.54, 1.807) is 19.2 Å². The van der Waals surface area contributed by atoms with Gasteiger partial charge in [0, 0.05) is 5.92 Å². The van der Waals surface area contributed by atoms with Crippen molar-refractivity contribution in [3.63, 3.8) is 0 Å². The second kappa shape index (κ2) is 7.57. The smallest absolute Gasteiger partial charge is 0.118 e. The van der Waals surface area contributed by atoms with E-state index in [1.807, 2.05) is 24.3 Å². The lowest BCUT2D eigenvalue weighted by Crippen LogP contribution is -2.03. The maximum Gasteiger partial charge on any atom is 0.118 e. The van der Waals surface area contributed by atoms with E-state index in [9.17, 15) is 5.11 Å². The maximum absolute atomic E-state index is 9.62. The fraction of sp³-hybridized carbons (Fsp3) is 0.136. The Hall–Kier alpha value is -2.22. The molecule has 1 fully saturated rings. The second-order valence-electron chi connectivity index (χ2n) is 5.66. The summed E-state index contributed by atoms with van der Waals surface area (Å²) in [6.07, 6.45) is 9.33. The number of methoxy groups -OCH3 is 1. The van der Waals surface area contributed by atoms with Crippen LogP contribution in [-0.2, 0) is 0 Å². The molecular formula is C22H21O2. The first-order valence-electron chi connectivity index (χ1n) is 8.12. The number of hydrogen-bond acceptors (Lipinski definition) is 2. The molecule has 0 bridgehead atoms. The summed E-state index contributed by atoms with van der Waals surface area (Å²) in [6, 6.07) is 15.5. The second-order valence-corrected chi connectivity index (χ2v) is 5.66. The molecular weight excluding hydrogens is 296 g/mol. The van der Waals surface area contributed by atoms with E-state index in [2.05, 4.69) is 44.7 Å². The van der Waals surface area contributed by atoms with Crippen LogP contribution >= 0.6 is 0 Å². The molecule has 1 aliphatic carbocycles. The summed E-state index contributed by atoms with van der Waals surface area (Å²) in [5, 5.41) is 9.62. The van der Waals surface area contributed by atoms with Crippen molar-refractivity contribution in [1.29, 1.82) is 0 Å². The van der Waals surface area contributed by atoms with Crippen LogP contribution in [0.3, 0.4) is 0 Å². The first-order chi connectivity index (χ1) is 11.7. The van der Waals surface area contributed by atoms with Crippen LogP contribution in [0.4, 0.5) is 0 Å². The Balaban J connectivity index is 2.13. The Morgan fingerprint density at radius 1 is 0.875 bits per heavy atom. The quantitative estimate of drug-likeness (QED) is 0.839. The van der Waals surface area contributed by atoms with Crippen molar-refractivity contribution in [3.05, 3.63) is 96.8 Å². The number of ether oxygens (including phenoxy) is 1. The molecule has 0 unspecified atom stereocenters. The highest BCUT2D eigenvalue weighted by molar-refractivity contribution is 5.85. The minimum atomic E-state index is 0.277. The van der Waals surface area contributed by atoms with E-state index in [0.29, 0.717) is 0 Å². The number of hydrogen-bond donors (Lipinski definition) is 1. The normalized spacial score (nSPS) is 16.1. The molecule has 2 aromatic rings. The highest BCUT2D eigenvalue weighted by atomic mass is 16.5. The average molecular weight is 317 g/mol. The lowest BCUT2D eigenvalue weighted by Gasteiger charge is -2.20. The van der Waals surface area contributed by atoms with E-state index in [1.165, 1.54) is 17.1 Å². The fourth-order valence-electron chi connectivity index (χ4n) is 3.00. The molecule has 1 saturated carbocycles. The molecule has 121 valence electrons. The van der Waals surface area contributed by atoms with Gasteiger partial charge in [-0.15, -0.1) is 0 Å². The Morgan fingerprint density at radius 3 is 1.92 bits per heavy atom. The van der Waals surface area contributed by atoms with Gasteiger partial charge in [-0.25, -0.2) is 0 Å². The summed E-state index contributed by atoms with van der Waals surface area (Å²) >= 11 is 0. The van der Waals surface area contributed by atoms with Crippen LogP contribution < -0.4 is 4.74 Å². The number of benzene rings is 2. The molecule has 3 rings (SSSR count). The largest absolute Gasteiger partial charge is 0.508 e. The van der Waals surface area contributed by atoms with Crippen molar-refractivity contribution in [2.75, 3.05) is 7.11 Å². The summed E-state index contributed by atoms with van der Waals surface area (Å²) in [5.41, 5.74) is 4.71. The van der Waals surface area contributed by atoms with Crippen molar-refractivity contribution in [2.24, 2.45) is 0 Å². The lowest BCUT2D eigenvalue weighted by molar-refractivity contribution is 0.415. The van der Waals surface area contributed by atoms with Crippen molar-refractivity contribution in [1.82, 2.24) is 0 Å². The lowest BCUT2D eigenvalue weighted by atomic mass is 9.84. The van der Waals surface area contributed by atoms with Gasteiger partial charge in [-0.1, -0.05) is 36.8 Å². The third kappa shape index (κ3) is 3.48. The Morgan fingerprint density at radius 2 is 1.42 bits per heavy atom. The van der Waals surface area contributed by atoms with E-state index < -0.39 is 0 Å².